The number of benzene rings is 2. The molecular formula is C28H28N4OS2. The summed E-state index contributed by atoms with van der Waals surface area (Å²) in [7, 11) is 4.11. The number of aryl methyl sites for hydroxylation is 2. The van der Waals surface area contributed by atoms with Gasteiger partial charge in [0.05, 0.1) is 31.9 Å². The smallest absolute Gasteiger partial charge is 0.260 e. The van der Waals surface area contributed by atoms with Crippen molar-refractivity contribution in [3.05, 3.63) is 76.7 Å². The second kappa shape index (κ2) is 9.85. The highest BCUT2D eigenvalue weighted by Gasteiger charge is 2.24. The Kier molecular flexibility index (Phi) is 6.65. The quantitative estimate of drug-likeness (QED) is 0.247. The molecule has 0 fully saturated rings. The first-order chi connectivity index (χ1) is 16.9. The summed E-state index contributed by atoms with van der Waals surface area (Å²) < 4.78 is 1.11. The molecule has 7 heteroatoms. The second-order valence-corrected chi connectivity index (χ2v) is 11.0. The van der Waals surface area contributed by atoms with Crippen LogP contribution < -0.4 is 4.90 Å². The van der Waals surface area contributed by atoms with Gasteiger partial charge in [0.1, 0.15) is 0 Å². The van der Waals surface area contributed by atoms with E-state index in [-0.39, 0.29) is 5.91 Å². The van der Waals surface area contributed by atoms with Crippen molar-refractivity contribution in [2.24, 2.45) is 0 Å². The van der Waals surface area contributed by atoms with E-state index in [1.165, 1.54) is 5.56 Å². The molecule has 0 aliphatic carbocycles. The van der Waals surface area contributed by atoms with Gasteiger partial charge in [0, 0.05) is 11.9 Å². The molecule has 0 saturated carbocycles. The number of thiophene rings is 1. The zero-order valence-electron chi connectivity index (χ0n) is 20.4. The molecule has 2 aromatic carbocycles. The van der Waals surface area contributed by atoms with Crippen LogP contribution in [-0.2, 0) is 0 Å². The Morgan fingerprint density at radius 3 is 2.57 bits per heavy atom. The number of carbonyl (C=O) groups is 1. The van der Waals surface area contributed by atoms with E-state index < -0.39 is 0 Å². The molecule has 5 rings (SSSR count). The van der Waals surface area contributed by atoms with E-state index in [1.807, 2.05) is 52.7 Å². The van der Waals surface area contributed by atoms with Gasteiger partial charge in [-0.15, -0.1) is 11.3 Å². The standard InChI is InChI=1S/C28H28N4OS2/c1-18-15-19(2)26-25(16-18)35-28(30-26)32(13-8-12-31(3)4)27(33)21-17-23(24-11-7-14-34-24)29-22-10-6-5-9-20(21)22/h5-7,9-11,14-17H,8,12-13H2,1-4H3. The first-order valence-corrected chi connectivity index (χ1v) is 13.4. The Bertz CT molecular complexity index is 1500. The van der Waals surface area contributed by atoms with Crippen LogP contribution >= 0.6 is 22.7 Å². The number of hydrogen-bond acceptors (Lipinski definition) is 6. The Morgan fingerprint density at radius 2 is 1.80 bits per heavy atom. The highest BCUT2D eigenvalue weighted by Crippen LogP contribution is 2.34. The van der Waals surface area contributed by atoms with Crippen LogP contribution in [0.2, 0.25) is 0 Å². The molecule has 178 valence electrons. The Hall–Kier alpha value is -3.13. The third-order valence-electron chi connectivity index (χ3n) is 6.00. The molecular weight excluding hydrogens is 472 g/mol. The number of amides is 1. The number of fused-ring (bicyclic) bond motifs is 2. The predicted octanol–water partition coefficient (Wildman–Crippen LogP) is 6.79. The normalized spacial score (nSPS) is 11.6. The first kappa shape index (κ1) is 23.6. The molecule has 5 nitrogen and oxygen atoms in total. The molecule has 0 saturated heterocycles. The van der Waals surface area contributed by atoms with Crippen LogP contribution in [0.4, 0.5) is 5.13 Å². The molecule has 0 aliphatic rings. The second-order valence-electron chi connectivity index (χ2n) is 9.09. The lowest BCUT2D eigenvalue weighted by Gasteiger charge is -2.22. The molecule has 0 spiro atoms. The Balaban J connectivity index is 1.63. The molecule has 0 bridgehead atoms. The summed E-state index contributed by atoms with van der Waals surface area (Å²) in [6.45, 7) is 5.67. The summed E-state index contributed by atoms with van der Waals surface area (Å²) in [5, 5.41) is 3.65. The fraction of sp³-hybridized carbons (Fsp3) is 0.250. The van der Waals surface area contributed by atoms with Crippen molar-refractivity contribution in [3.63, 3.8) is 0 Å². The van der Waals surface area contributed by atoms with Crippen LogP contribution in [0.15, 0.2) is 60.0 Å². The molecule has 5 aromatic rings. The van der Waals surface area contributed by atoms with E-state index in [2.05, 4.69) is 45.0 Å². The lowest BCUT2D eigenvalue weighted by Crippen LogP contribution is -2.33. The number of nitrogens with zero attached hydrogens (tertiary/aromatic N) is 4. The fourth-order valence-electron chi connectivity index (χ4n) is 4.35. The first-order valence-electron chi connectivity index (χ1n) is 11.7. The van der Waals surface area contributed by atoms with Gasteiger partial charge in [-0.2, -0.15) is 0 Å². The number of para-hydroxylation sites is 1. The summed E-state index contributed by atoms with van der Waals surface area (Å²) in [4.78, 5) is 29.1. The summed E-state index contributed by atoms with van der Waals surface area (Å²) in [6.07, 6.45) is 0.855. The van der Waals surface area contributed by atoms with Gasteiger partial charge in [0.2, 0.25) is 0 Å². The van der Waals surface area contributed by atoms with Crippen molar-refractivity contribution in [3.8, 4) is 10.6 Å². The van der Waals surface area contributed by atoms with Crippen LogP contribution in [-0.4, -0.2) is 48.0 Å². The fourth-order valence-corrected chi connectivity index (χ4v) is 6.20. The highest BCUT2D eigenvalue weighted by atomic mass is 32.1. The third kappa shape index (κ3) is 4.85. The summed E-state index contributed by atoms with van der Waals surface area (Å²) in [5.74, 6) is -0.0337. The molecule has 0 N–H and O–H groups in total. The van der Waals surface area contributed by atoms with Gasteiger partial charge in [-0.05, 0) is 81.7 Å². The maximum absolute atomic E-state index is 14.2. The van der Waals surface area contributed by atoms with Crippen LogP contribution in [0.3, 0.4) is 0 Å². The molecule has 0 radical (unpaired) electrons. The average molecular weight is 501 g/mol. The number of aromatic nitrogens is 2. The minimum Gasteiger partial charge on any atom is -0.309 e. The molecule has 0 unspecified atom stereocenters. The number of carbonyl (C=O) groups excluding carboxylic acids is 1. The van der Waals surface area contributed by atoms with Gasteiger partial charge in [-0.25, -0.2) is 9.97 Å². The molecule has 0 atom stereocenters. The van der Waals surface area contributed by atoms with Crippen LogP contribution in [0, 0.1) is 13.8 Å². The zero-order valence-corrected chi connectivity index (χ0v) is 22.0. The number of anilines is 1. The topological polar surface area (TPSA) is 49.3 Å². The zero-order chi connectivity index (χ0) is 24.5. The van der Waals surface area contributed by atoms with Crippen LogP contribution in [0.1, 0.15) is 27.9 Å². The van der Waals surface area contributed by atoms with Gasteiger partial charge in [-0.3, -0.25) is 9.69 Å². The maximum Gasteiger partial charge on any atom is 0.260 e. The van der Waals surface area contributed by atoms with Crippen molar-refractivity contribution in [1.82, 2.24) is 14.9 Å². The molecule has 3 heterocycles. The van der Waals surface area contributed by atoms with E-state index in [9.17, 15) is 4.79 Å². The minimum absolute atomic E-state index is 0.0337. The van der Waals surface area contributed by atoms with E-state index in [1.54, 1.807) is 22.7 Å². The Labute approximate surface area is 213 Å². The monoisotopic (exact) mass is 500 g/mol. The van der Waals surface area contributed by atoms with Crippen molar-refractivity contribution < 1.29 is 4.79 Å². The predicted molar refractivity (Wildman–Crippen MR) is 149 cm³/mol. The van der Waals surface area contributed by atoms with Gasteiger partial charge in [-0.1, -0.05) is 41.7 Å². The highest BCUT2D eigenvalue weighted by molar-refractivity contribution is 7.22. The molecule has 1 amide bonds. The third-order valence-corrected chi connectivity index (χ3v) is 7.92. The van der Waals surface area contributed by atoms with Gasteiger partial charge >= 0.3 is 0 Å². The summed E-state index contributed by atoms with van der Waals surface area (Å²) in [6, 6.07) is 18.2. The molecule has 3 aromatic heterocycles. The van der Waals surface area contributed by atoms with Crippen LogP contribution in [0.25, 0.3) is 31.7 Å². The van der Waals surface area contributed by atoms with E-state index in [0.717, 1.165) is 55.4 Å². The number of hydrogen-bond donors (Lipinski definition) is 0. The summed E-state index contributed by atoms with van der Waals surface area (Å²) in [5.41, 5.74) is 5.63. The minimum atomic E-state index is -0.0337. The van der Waals surface area contributed by atoms with E-state index in [0.29, 0.717) is 12.1 Å². The van der Waals surface area contributed by atoms with E-state index >= 15 is 0 Å². The largest absolute Gasteiger partial charge is 0.309 e. The van der Waals surface area contributed by atoms with Gasteiger partial charge < -0.3 is 4.90 Å². The number of pyridine rings is 1. The maximum atomic E-state index is 14.2. The summed E-state index contributed by atoms with van der Waals surface area (Å²) >= 11 is 3.22. The number of rotatable bonds is 7. The van der Waals surface area contributed by atoms with E-state index in [4.69, 9.17) is 9.97 Å². The van der Waals surface area contributed by atoms with Crippen molar-refractivity contribution in [2.75, 3.05) is 32.1 Å². The number of thiazole rings is 1. The molecule has 0 aliphatic heterocycles. The van der Waals surface area contributed by atoms with Crippen molar-refractivity contribution in [2.45, 2.75) is 20.3 Å². The molecule has 35 heavy (non-hydrogen) atoms. The van der Waals surface area contributed by atoms with Crippen molar-refractivity contribution >= 4 is 54.8 Å². The van der Waals surface area contributed by atoms with Gasteiger partial charge in [0.25, 0.3) is 5.91 Å². The van der Waals surface area contributed by atoms with Crippen molar-refractivity contribution in [1.29, 1.82) is 0 Å². The van der Waals surface area contributed by atoms with Gasteiger partial charge in [0.15, 0.2) is 5.13 Å². The average Bonchev–Trinajstić information content (AvgIpc) is 3.51. The van der Waals surface area contributed by atoms with Crippen LogP contribution in [0.5, 0.6) is 0 Å². The lowest BCUT2D eigenvalue weighted by atomic mass is 10.1. The lowest BCUT2D eigenvalue weighted by molar-refractivity contribution is 0.0987. The SMILES string of the molecule is Cc1cc(C)c2nc(N(CCCN(C)C)C(=O)c3cc(-c4cccs4)nc4ccccc34)sc2c1. The Morgan fingerprint density at radius 1 is 0.971 bits per heavy atom.